The maximum Gasteiger partial charge on any atom is 0.282 e. The van der Waals surface area contributed by atoms with E-state index in [2.05, 4.69) is 5.32 Å². The molecule has 3 aromatic carbocycles. The molecule has 3 aromatic rings. The molecule has 1 aliphatic rings. The minimum atomic E-state index is -0.448. The molecule has 0 saturated carbocycles. The minimum absolute atomic E-state index is 0.197. The Hall–Kier alpha value is -4.06. The van der Waals surface area contributed by atoms with Crippen LogP contribution in [0.2, 0.25) is 0 Å². The standard InChI is InChI=1S/C28H28N2O4/c1-5-16-34-24-13-9-7-11-22(24)30-27(31)25(20-15-14-18(2)19(3)17-20)26(28(30)32)29-21-10-6-8-12-23(21)33-4/h6-15,17,29H,5,16H2,1-4H3. The quantitative estimate of drug-likeness (QED) is 0.454. The third-order valence-electron chi connectivity index (χ3n) is 5.81. The number of aryl methyl sites for hydroxylation is 2. The monoisotopic (exact) mass is 456 g/mol. The zero-order valence-corrected chi connectivity index (χ0v) is 19.8. The number of rotatable bonds is 8. The van der Waals surface area contributed by atoms with Crippen LogP contribution >= 0.6 is 0 Å². The highest BCUT2D eigenvalue weighted by molar-refractivity contribution is 6.46. The third-order valence-corrected chi connectivity index (χ3v) is 5.81. The molecule has 0 bridgehead atoms. The average Bonchev–Trinajstić information content (AvgIpc) is 3.09. The highest BCUT2D eigenvalue weighted by Crippen LogP contribution is 2.39. The molecule has 0 unspecified atom stereocenters. The number of benzene rings is 3. The first kappa shape index (κ1) is 23.1. The summed E-state index contributed by atoms with van der Waals surface area (Å²) in [7, 11) is 1.56. The first-order valence-electron chi connectivity index (χ1n) is 11.3. The van der Waals surface area contributed by atoms with Gasteiger partial charge in [-0.2, -0.15) is 0 Å². The number of hydrogen-bond acceptors (Lipinski definition) is 5. The molecule has 0 aliphatic carbocycles. The second kappa shape index (κ2) is 9.83. The van der Waals surface area contributed by atoms with Crippen molar-refractivity contribution in [2.24, 2.45) is 0 Å². The molecule has 1 heterocycles. The van der Waals surface area contributed by atoms with Crippen molar-refractivity contribution < 1.29 is 19.1 Å². The van der Waals surface area contributed by atoms with Crippen molar-refractivity contribution in [2.45, 2.75) is 27.2 Å². The van der Waals surface area contributed by atoms with Gasteiger partial charge >= 0.3 is 0 Å². The number of para-hydroxylation sites is 4. The van der Waals surface area contributed by atoms with Crippen LogP contribution in [0.5, 0.6) is 11.5 Å². The summed E-state index contributed by atoms with van der Waals surface area (Å²) in [6, 6.07) is 20.2. The minimum Gasteiger partial charge on any atom is -0.495 e. The molecule has 0 fully saturated rings. The van der Waals surface area contributed by atoms with E-state index in [-0.39, 0.29) is 5.70 Å². The first-order valence-corrected chi connectivity index (χ1v) is 11.3. The lowest BCUT2D eigenvalue weighted by molar-refractivity contribution is -0.120. The molecule has 6 nitrogen and oxygen atoms in total. The summed E-state index contributed by atoms with van der Waals surface area (Å²) >= 11 is 0. The van der Waals surface area contributed by atoms with Gasteiger partial charge in [0.1, 0.15) is 17.2 Å². The Kier molecular flexibility index (Phi) is 6.68. The Bertz CT molecular complexity index is 1280. The van der Waals surface area contributed by atoms with E-state index in [9.17, 15) is 9.59 Å². The van der Waals surface area contributed by atoms with Crippen molar-refractivity contribution in [3.05, 3.63) is 89.1 Å². The van der Waals surface area contributed by atoms with Crippen molar-refractivity contribution in [2.75, 3.05) is 23.9 Å². The van der Waals surface area contributed by atoms with E-state index < -0.39 is 11.8 Å². The number of amides is 2. The van der Waals surface area contributed by atoms with Crippen LogP contribution in [-0.4, -0.2) is 25.5 Å². The number of imide groups is 1. The van der Waals surface area contributed by atoms with Gasteiger partial charge in [-0.1, -0.05) is 49.4 Å². The molecule has 0 atom stereocenters. The van der Waals surface area contributed by atoms with Gasteiger partial charge in [0, 0.05) is 0 Å². The molecule has 2 amide bonds. The normalized spacial score (nSPS) is 13.5. The molecular weight excluding hydrogens is 428 g/mol. The number of nitrogens with one attached hydrogen (secondary N) is 1. The number of carbonyl (C=O) groups excluding carboxylic acids is 2. The van der Waals surface area contributed by atoms with Crippen LogP contribution in [0.1, 0.15) is 30.0 Å². The Balaban J connectivity index is 1.85. The number of methoxy groups -OCH3 is 1. The average molecular weight is 457 g/mol. The largest absolute Gasteiger partial charge is 0.495 e. The highest BCUT2D eigenvalue weighted by atomic mass is 16.5. The molecule has 0 radical (unpaired) electrons. The fourth-order valence-corrected chi connectivity index (χ4v) is 3.89. The molecule has 4 rings (SSSR count). The van der Waals surface area contributed by atoms with E-state index >= 15 is 0 Å². The number of ether oxygens (including phenoxy) is 2. The zero-order chi connectivity index (χ0) is 24.2. The van der Waals surface area contributed by atoms with Gasteiger partial charge in [-0.15, -0.1) is 0 Å². The van der Waals surface area contributed by atoms with Crippen LogP contribution in [0, 0.1) is 13.8 Å². The second-order valence-corrected chi connectivity index (χ2v) is 8.14. The van der Waals surface area contributed by atoms with Gasteiger partial charge in [0.15, 0.2) is 0 Å². The van der Waals surface area contributed by atoms with Gasteiger partial charge in [-0.25, -0.2) is 4.90 Å². The fourth-order valence-electron chi connectivity index (χ4n) is 3.89. The molecule has 0 saturated heterocycles. The maximum atomic E-state index is 13.8. The molecule has 174 valence electrons. The summed E-state index contributed by atoms with van der Waals surface area (Å²) in [6.07, 6.45) is 0.809. The van der Waals surface area contributed by atoms with Crippen molar-refractivity contribution in [1.82, 2.24) is 0 Å². The Morgan fingerprint density at radius 3 is 2.26 bits per heavy atom. The lowest BCUT2D eigenvalue weighted by Crippen LogP contribution is -2.32. The molecule has 1 aliphatic heterocycles. The van der Waals surface area contributed by atoms with Crippen LogP contribution in [0.15, 0.2) is 72.4 Å². The summed E-state index contributed by atoms with van der Waals surface area (Å²) in [5.74, 6) is 0.207. The number of nitrogens with zero attached hydrogens (tertiary/aromatic N) is 1. The summed E-state index contributed by atoms with van der Waals surface area (Å²) in [5, 5.41) is 3.19. The van der Waals surface area contributed by atoms with E-state index in [1.54, 1.807) is 31.4 Å². The summed E-state index contributed by atoms with van der Waals surface area (Å²) < 4.78 is 11.3. The van der Waals surface area contributed by atoms with Crippen LogP contribution in [-0.2, 0) is 9.59 Å². The van der Waals surface area contributed by atoms with E-state index in [0.717, 1.165) is 17.5 Å². The van der Waals surface area contributed by atoms with E-state index in [0.29, 0.717) is 40.6 Å². The van der Waals surface area contributed by atoms with Crippen molar-refractivity contribution in [1.29, 1.82) is 0 Å². The smallest absolute Gasteiger partial charge is 0.282 e. The van der Waals surface area contributed by atoms with Gasteiger partial charge in [0.05, 0.1) is 30.7 Å². The third kappa shape index (κ3) is 4.27. The van der Waals surface area contributed by atoms with Crippen molar-refractivity contribution in [3.63, 3.8) is 0 Å². The maximum absolute atomic E-state index is 13.8. The van der Waals surface area contributed by atoms with Crippen LogP contribution < -0.4 is 19.7 Å². The number of anilines is 2. The van der Waals surface area contributed by atoms with Crippen LogP contribution in [0.4, 0.5) is 11.4 Å². The van der Waals surface area contributed by atoms with E-state index in [1.165, 1.54) is 4.90 Å². The summed E-state index contributed by atoms with van der Waals surface area (Å²) in [6.45, 7) is 6.48. The highest BCUT2D eigenvalue weighted by Gasteiger charge is 2.41. The zero-order valence-electron chi connectivity index (χ0n) is 19.8. The molecule has 0 spiro atoms. The van der Waals surface area contributed by atoms with Gasteiger partial charge < -0.3 is 14.8 Å². The lowest BCUT2D eigenvalue weighted by Gasteiger charge is -2.19. The van der Waals surface area contributed by atoms with Gasteiger partial charge in [-0.05, 0) is 61.2 Å². The topological polar surface area (TPSA) is 67.9 Å². The molecule has 1 N–H and O–H groups in total. The van der Waals surface area contributed by atoms with Crippen molar-refractivity contribution >= 4 is 28.8 Å². The van der Waals surface area contributed by atoms with Crippen LogP contribution in [0.3, 0.4) is 0 Å². The lowest BCUT2D eigenvalue weighted by atomic mass is 9.99. The number of carbonyl (C=O) groups is 2. The predicted molar refractivity (Wildman–Crippen MR) is 134 cm³/mol. The van der Waals surface area contributed by atoms with E-state index in [4.69, 9.17) is 9.47 Å². The Morgan fingerprint density at radius 2 is 1.56 bits per heavy atom. The number of hydrogen-bond donors (Lipinski definition) is 1. The first-order chi connectivity index (χ1) is 16.5. The molecule has 34 heavy (non-hydrogen) atoms. The molecule has 0 aromatic heterocycles. The van der Waals surface area contributed by atoms with Crippen LogP contribution in [0.25, 0.3) is 5.57 Å². The van der Waals surface area contributed by atoms with Crippen molar-refractivity contribution in [3.8, 4) is 11.5 Å². The van der Waals surface area contributed by atoms with Gasteiger partial charge in [-0.3, -0.25) is 9.59 Å². The fraction of sp³-hybridized carbons (Fsp3) is 0.214. The predicted octanol–water partition coefficient (Wildman–Crippen LogP) is 5.50. The summed E-state index contributed by atoms with van der Waals surface area (Å²) in [5.41, 5.74) is 4.34. The summed E-state index contributed by atoms with van der Waals surface area (Å²) in [4.78, 5) is 28.8. The molecular formula is C28H28N2O4. The van der Waals surface area contributed by atoms with E-state index in [1.807, 2.05) is 63.2 Å². The molecule has 6 heteroatoms. The van der Waals surface area contributed by atoms with Gasteiger partial charge in [0.2, 0.25) is 0 Å². The Labute approximate surface area is 199 Å². The van der Waals surface area contributed by atoms with Gasteiger partial charge in [0.25, 0.3) is 11.8 Å². The second-order valence-electron chi connectivity index (χ2n) is 8.14. The Morgan fingerprint density at radius 1 is 0.853 bits per heavy atom. The SMILES string of the molecule is CCCOc1ccccc1N1C(=O)C(Nc2ccccc2OC)=C(c2ccc(C)c(C)c2)C1=O.